The molecule has 0 unspecified atom stereocenters. The molecule has 0 aromatic heterocycles. The summed E-state index contributed by atoms with van der Waals surface area (Å²) in [6, 6.07) is 13.6. The fourth-order valence-corrected chi connectivity index (χ4v) is 4.62. The first-order chi connectivity index (χ1) is 16.0. The first-order valence-electron chi connectivity index (χ1n) is 12.0. The first kappa shape index (κ1) is 23.1. The van der Waals surface area contributed by atoms with E-state index in [1.54, 1.807) is 4.90 Å². The number of hydrogen-bond acceptors (Lipinski definition) is 4. The molecule has 6 nitrogen and oxygen atoms in total. The van der Waals surface area contributed by atoms with Crippen LogP contribution in [0.15, 0.2) is 42.5 Å². The first-order valence-corrected chi connectivity index (χ1v) is 12.0. The van der Waals surface area contributed by atoms with Gasteiger partial charge in [-0.2, -0.15) is 0 Å². The van der Waals surface area contributed by atoms with E-state index < -0.39 is 6.04 Å². The second kappa shape index (κ2) is 10.7. The molecule has 176 valence electrons. The van der Waals surface area contributed by atoms with Crippen molar-refractivity contribution in [1.29, 1.82) is 0 Å². The summed E-state index contributed by atoms with van der Waals surface area (Å²) in [5, 5.41) is 3.16. The van der Waals surface area contributed by atoms with Crippen molar-refractivity contribution >= 4 is 11.8 Å². The number of rotatable bonds is 8. The highest BCUT2D eigenvalue weighted by atomic mass is 16.6. The van der Waals surface area contributed by atoms with Crippen molar-refractivity contribution in [1.82, 2.24) is 10.2 Å². The normalized spacial score (nSPS) is 16.3. The Hall–Kier alpha value is -3.02. The Morgan fingerprint density at radius 2 is 1.79 bits per heavy atom. The van der Waals surface area contributed by atoms with E-state index in [1.165, 1.54) is 0 Å². The lowest BCUT2D eigenvalue weighted by Crippen LogP contribution is -2.49. The second-order valence-corrected chi connectivity index (χ2v) is 9.15. The highest BCUT2D eigenvalue weighted by Gasteiger charge is 2.28. The molecular formula is C27H34N2O4. The van der Waals surface area contributed by atoms with Gasteiger partial charge in [-0.05, 0) is 56.4 Å². The summed E-state index contributed by atoms with van der Waals surface area (Å²) in [5.74, 6) is 1.38. The van der Waals surface area contributed by atoms with Crippen molar-refractivity contribution in [2.24, 2.45) is 0 Å². The van der Waals surface area contributed by atoms with E-state index >= 15 is 0 Å². The number of ether oxygens (including phenoxy) is 2. The van der Waals surface area contributed by atoms with E-state index in [1.807, 2.05) is 50.2 Å². The maximum absolute atomic E-state index is 13.4. The molecule has 1 aliphatic carbocycles. The average Bonchev–Trinajstić information content (AvgIpc) is 3.33. The van der Waals surface area contributed by atoms with E-state index in [2.05, 4.69) is 11.4 Å². The standard InChI is InChI=1S/C27H34N2O4/c1-19-6-5-7-22(16-19)18-29(20(2)27(31)28-23-8-3-4-9-23)26(30)13-11-21-10-12-24-25(17-21)33-15-14-32-24/h5-7,10,12,16-17,20,23H,3-4,8-9,11,13-15,18H2,1-2H3,(H,28,31)/t20-/m1/s1. The fourth-order valence-electron chi connectivity index (χ4n) is 4.62. The van der Waals surface area contributed by atoms with Crippen LogP contribution in [0.5, 0.6) is 11.5 Å². The van der Waals surface area contributed by atoms with Gasteiger partial charge in [0.25, 0.3) is 0 Å². The molecule has 4 rings (SSSR count). The Bertz CT molecular complexity index is 984. The van der Waals surface area contributed by atoms with E-state index in [-0.39, 0.29) is 17.9 Å². The Labute approximate surface area is 196 Å². The van der Waals surface area contributed by atoms with Crippen molar-refractivity contribution < 1.29 is 19.1 Å². The lowest BCUT2D eigenvalue weighted by atomic mass is 10.1. The van der Waals surface area contributed by atoms with Gasteiger partial charge in [0.15, 0.2) is 11.5 Å². The largest absolute Gasteiger partial charge is 0.486 e. The summed E-state index contributed by atoms with van der Waals surface area (Å²) < 4.78 is 11.3. The number of nitrogens with one attached hydrogen (secondary N) is 1. The van der Waals surface area contributed by atoms with Gasteiger partial charge < -0.3 is 19.7 Å². The number of carbonyl (C=O) groups is 2. The van der Waals surface area contributed by atoms with Gasteiger partial charge in [0.2, 0.25) is 11.8 Å². The molecule has 1 aliphatic heterocycles. The van der Waals surface area contributed by atoms with Gasteiger partial charge in [-0.3, -0.25) is 9.59 Å². The molecule has 0 saturated heterocycles. The molecular weight excluding hydrogens is 416 g/mol. The van der Waals surface area contributed by atoms with Crippen LogP contribution in [-0.2, 0) is 22.6 Å². The molecule has 6 heteroatoms. The lowest BCUT2D eigenvalue weighted by Gasteiger charge is -2.30. The zero-order chi connectivity index (χ0) is 23.2. The van der Waals surface area contributed by atoms with E-state index in [4.69, 9.17) is 9.47 Å². The van der Waals surface area contributed by atoms with Crippen LogP contribution in [0.3, 0.4) is 0 Å². The molecule has 2 aliphatic rings. The average molecular weight is 451 g/mol. The van der Waals surface area contributed by atoms with Crippen LogP contribution in [0.2, 0.25) is 0 Å². The smallest absolute Gasteiger partial charge is 0.242 e. The van der Waals surface area contributed by atoms with E-state index in [0.717, 1.165) is 53.9 Å². The summed E-state index contributed by atoms with van der Waals surface area (Å²) in [6.45, 7) is 5.38. The molecule has 2 aromatic rings. The van der Waals surface area contributed by atoms with Crippen molar-refractivity contribution in [3.05, 3.63) is 59.2 Å². The Balaban J connectivity index is 1.45. The van der Waals surface area contributed by atoms with E-state index in [0.29, 0.717) is 32.6 Å². The van der Waals surface area contributed by atoms with Crippen LogP contribution < -0.4 is 14.8 Å². The van der Waals surface area contributed by atoms with Crippen LogP contribution in [0.25, 0.3) is 0 Å². The molecule has 0 bridgehead atoms. The second-order valence-electron chi connectivity index (χ2n) is 9.15. The number of benzene rings is 2. The predicted molar refractivity (Wildman–Crippen MR) is 127 cm³/mol. The van der Waals surface area contributed by atoms with Gasteiger partial charge in [-0.15, -0.1) is 0 Å². The van der Waals surface area contributed by atoms with Crippen molar-refractivity contribution in [2.75, 3.05) is 13.2 Å². The van der Waals surface area contributed by atoms with Gasteiger partial charge in [-0.25, -0.2) is 0 Å². The monoisotopic (exact) mass is 450 g/mol. The number of hydrogen-bond donors (Lipinski definition) is 1. The van der Waals surface area contributed by atoms with Gasteiger partial charge in [0, 0.05) is 19.0 Å². The molecule has 1 N–H and O–H groups in total. The molecule has 1 saturated carbocycles. The minimum absolute atomic E-state index is 0.0273. The zero-order valence-electron chi connectivity index (χ0n) is 19.6. The molecule has 0 spiro atoms. The van der Waals surface area contributed by atoms with Gasteiger partial charge >= 0.3 is 0 Å². The minimum atomic E-state index is -0.529. The van der Waals surface area contributed by atoms with Gasteiger partial charge in [0.05, 0.1) is 0 Å². The number of carbonyl (C=O) groups excluding carboxylic acids is 2. The molecule has 1 fully saturated rings. The Morgan fingerprint density at radius 1 is 1.03 bits per heavy atom. The molecule has 2 amide bonds. The third kappa shape index (κ3) is 6.06. The predicted octanol–water partition coefficient (Wildman–Crippen LogP) is 4.17. The summed E-state index contributed by atoms with van der Waals surface area (Å²) >= 11 is 0. The summed E-state index contributed by atoms with van der Waals surface area (Å²) in [5.41, 5.74) is 3.19. The maximum Gasteiger partial charge on any atom is 0.242 e. The van der Waals surface area contributed by atoms with Crippen LogP contribution in [0.1, 0.15) is 55.7 Å². The number of amides is 2. The third-order valence-electron chi connectivity index (χ3n) is 6.54. The summed E-state index contributed by atoms with van der Waals surface area (Å²) in [4.78, 5) is 28.1. The Kier molecular flexibility index (Phi) is 7.53. The number of nitrogens with zero attached hydrogens (tertiary/aromatic N) is 1. The summed E-state index contributed by atoms with van der Waals surface area (Å²) in [7, 11) is 0. The van der Waals surface area contributed by atoms with Gasteiger partial charge in [-0.1, -0.05) is 48.7 Å². The molecule has 33 heavy (non-hydrogen) atoms. The minimum Gasteiger partial charge on any atom is -0.486 e. The van der Waals surface area contributed by atoms with Crippen molar-refractivity contribution in [2.45, 2.75) is 71.0 Å². The number of aryl methyl sites for hydroxylation is 2. The van der Waals surface area contributed by atoms with Crippen molar-refractivity contribution in [3.63, 3.8) is 0 Å². The lowest BCUT2D eigenvalue weighted by molar-refractivity contribution is -0.140. The summed E-state index contributed by atoms with van der Waals surface area (Å²) in [6.07, 6.45) is 5.26. The number of fused-ring (bicyclic) bond motifs is 1. The molecule has 0 radical (unpaired) electrons. The SMILES string of the molecule is Cc1cccc(CN(C(=O)CCc2ccc3c(c2)OCCO3)[C@H](C)C(=O)NC2CCCC2)c1. The zero-order valence-corrected chi connectivity index (χ0v) is 19.6. The maximum atomic E-state index is 13.4. The fraction of sp³-hybridized carbons (Fsp3) is 0.481. The van der Waals surface area contributed by atoms with E-state index in [9.17, 15) is 9.59 Å². The highest BCUT2D eigenvalue weighted by Crippen LogP contribution is 2.31. The highest BCUT2D eigenvalue weighted by molar-refractivity contribution is 5.87. The molecule has 2 aromatic carbocycles. The Morgan fingerprint density at radius 3 is 2.55 bits per heavy atom. The van der Waals surface area contributed by atoms with Gasteiger partial charge in [0.1, 0.15) is 19.3 Å². The van der Waals surface area contributed by atoms with Crippen LogP contribution >= 0.6 is 0 Å². The third-order valence-corrected chi connectivity index (χ3v) is 6.54. The van der Waals surface area contributed by atoms with Crippen LogP contribution in [0.4, 0.5) is 0 Å². The van der Waals surface area contributed by atoms with Crippen LogP contribution in [-0.4, -0.2) is 42.0 Å². The quantitative estimate of drug-likeness (QED) is 0.655. The van der Waals surface area contributed by atoms with Crippen LogP contribution in [0, 0.1) is 6.92 Å². The topological polar surface area (TPSA) is 67.9 Å². The van der Waals surface area contributed by atoms with Crippen molar-refractivity contribution in [3.8, 4) is 11.5 Å². The molecule has 1 atom stereocenters. The molecule has 1 heterocycles.